The molecule has 0 saturated carbocycles. The first-order valence-electron chi connectivity index (χ1n) is 9.65. The van der Waals surface area contributed by atoms with Crippen LogP contribution in [0, 0.1) is 22.9 Å². The van der Waals surface area contributed by atoms with Crippen molar-refractivity contribution in [2.75, 3.05) is 0 Å². The van der Waals surface area contributed by atoms with Crippen LogP contribution in [0.25, 0.3) is 6.08 Å². The molecule has 0 atom stereocenters. The van der Waals surface area contributed by atoms with Gasteiger partial charge >= 0.3 is 5.97 Å². The van der Waals surface area contributed by atoms with E-state index in [0.29, 0.717) is 28.0 Å². The van der Waals surface area contributed by atoms with Gasteiger partial charge in [0, 0.05) is 22.8 Å². The third kappa shape index (κ3) is 4.39. The van der Waals surface area contributed by atoms with Crippen molar-refractivity contribution in [2.45, 2.75) is 13.5 Å². The molecule has 0 unspecified atom stereocenters. The fraction of sp³-hybridized carbons (Fsp3) is 0.0833. The average molecular weight is 432 g/mol. The van der Waals surface area contributed by atoms with Gasteiger partial charge < -0.3 is 9.47 Å². The number of nitro benzene ring substituents is 1. The lowest BCUT2D eigenvalue weighted by Crippen LogP contribution is -2.08. The van der Waals surface area contributed by atoms with Crippen LogP contribution in [0.1, 0.15) is 22.3 Å². The Kier molecular flexibility index (Phi) is 5.76. The van der Waals surface area contributed by atoms with Gasteiger partial charge in [-0.1, -0.05) is 36.4 Å². The molecule has 0 amide bonds. The van der Waals surface area contributed by atoms with E-state index in [1.165, 1.54) is 18.2 Å². The number of benzene rings is 3. The smallest absolute Gasteiger partial charge is 0.363 e. The number of aliphatic imine (C=N–C) groups is 1. The van der Waals surface area contributed by atoms with Crippen molar-refractivity contribution >= 4 is 23.6 Å². The quantitative estimate of drug-likeness (QED) is 0.237. The monoisotopic (exact) mass is 432 g/mol. The number of carbonyl (C=O) groups is 1. The minimum atomic E-state index is -0.647. The lowest BCUT2D eigenvalue weighted by Gasteiger charge is -2.07. The van der Waals surface area contributed by atoms with Crippen molar-refractivity contribution in [3.8, 4) is 5.75 Å². The molecule has 4 rings (SSSR count). The van der Waals surface area contributed by atoms with E-state index in [1.807, 2.05) is 0 Å². The van der Waals surface area contributed by atoms with Crippen LogP contribution in [0.15, 0.2) is 77.4 Å². The number of esters is 1. The second-order valence-corrected chi connectivity index (χ2v) is 6.99. The van der Waals surface area contributed by atoms with E-state index < -0.39 is 10.9 Å². The maximum Gasteiger partial charge on any atom is 0.363 e. The zero-order valence-corrected chi connectivity index (χ0v) is 16.9. The van der Waals surface area contributed by atoms with Crippen LogP contribution in [-0.4, -0.2) is 16.8 Å². The normalized spacial score (nSPS) is 14.2. The van der Waals surface area contributed by atoms with Gasteiger partial charge in [-0.05, 0) is 42.8 Å². The molecule has 160 valence electrons. The van der Waals surface area contributed by atoms with Crippen molar-refractivity contribution in [1.29, 1.82) is 0 Å². The van der Waals surface area contributed by atoms with Crippen LogP contribution in [-0.2, 0) is 16.1 Å². The molecule has 0 radical (unpaired) electrons. The summed E-state index contributed by atoms with van der Waals surface area (Å²) in [5, 5.41) is 11.1. The molecular formula is C24H17FN2O5. The van der Waals surface area contributed by atoms with Gasteiger partial charge in [0.2, 0.25) is 5.90 Å². The number of rotatable bonds is 6. The summed E-state index contributed by atoms with van der Waals surface area (Å²) in [7, 11) is 0. The van der Waals surface area contributed by atoms with Crippen LogP contribution in [0.3, 0.4) is 0 Å². The molecule has 32 heavy (non-hydrogen) atoms. The first-order chi connectivity index (χ1) is 15.4. The van der Waals surface area contributed by atoms with Crippen LogP contribution < -0.4 is 4.74 Å². The van der Waals surface area contributed by atoms with E-state index in [1.54, 1.807) is 61.5 Å². The second-order valence-electron chi connectivity index (χ2n) is 6.99. The van der Waals surface area contributed by atoms with Gasteiger partial charge in [0.1, 0.15) is 18.2 Å². The number of nitrogens with zero attached hydrogens (tertiary/aromatic N) is 2. The fourth-order valence-corrected chi connectivity index (χ4v) is 3.17. The fourth-order valence-electron chi connectivity index (χ4n) is 3.17. The molecular weight excluding hydrogens is 415 g/mol. The molecule has 0 spiro atoms. The standard InChI is InChI=1S/C24H17FN2O5/c1-15-19(6-4-8-22(15)27(29)30)23-26-21(24(28)32-23)13-16-9-11-18(12-10-16)31-14-17-5-2-3-7-20(17)25/h2-13H,14H2,1H3/b21-13-. The van der Waals surface area contributed by atoms with Crippen LogP contribution in [0.5, 0.6) is 5.75 Å². The van der Waals surface area contributed by atoms with Gasteiger partial charge in [-0.3, -0.25) is 10.1 Å². The lowest BCUT2D eigenvalue weighted by atomic mass is 10.1. The van der Waals surface area contributed by atoms with Gasteiger partial charge in [-0.2, -0.15) is 0 Å². The highest BCUT2D eigenvalue weighted by Crippen LogP contribution is 2.26. The van der Waals surface area contributed by atoms with Gasteiger partial charge in [-0.15, -0.1) is 0 Å². The summed E-state index contributed by atoms with van der Waals surface area (Å²) in [6.45, 7) is 1.67. The molecule has 0 aromatic heterocycles. The molecule has 1 heterocycles. The van der Waals surface area contributed by atoms with Crippen molar-refractivity contribution < 1.29 is 23.6 Å². The van der Waals surface area contributed by atoms with E-state index in [-0.39, 0.29) is 29.7 Å². The lowest BCUT2D eigenvalue weighted by molar-refractivity contribution is -0.385. The number of hydrogen-bond donors (Lipinski definition) is 0. The number of hydrogen-bond acceptors (Lipinski definition) is 6. The average Bonchev–Trinajstić information content (AvgIpc) is 3.14. The van der Waals surface area contributed by atoms with E-state index in [0.717, 1.165) is 0 Å². The summed E-state index contributed by atoms with van der Waals surface area (Å²) in [6, 6.07) is 17.7. The molecule has 0 aliphatic carbocycles. The van der Waals surface area contributed by atoms with Gasteiger partial charge in [0.25, 0.3) is 5.69 Å². The maximum atomic E-state index is 13.7. The summed E-state index contributed by atoms with van der Waals surface area (Å²) in [4.78, 5) is 27.1. The number of carbonyl (C=O) groups excluding carboxylic acids is 1. The Bertz CT molecular complexity index is 1270. The Balaban J connectivity index is 1.51. The zero-order valence-electron chi connectivity index (χ0n) is 16.9. The molecule has 1 aliphatic heterocycles. The Morgan fingerprint density at radius 1 is 1.09 bits per heavy atom. The Morgan fingerprint density at radius 2 is 1.84 bits per heavy atom. The number of ether oxygens (including phenoxy) is 2. The SMILES string of the molecule is Cc1c(C2=N/C(=C\c3ccc(OCc4ccccc4F)cc3)C(=O)O2)cccc1[N+](=O)[O-]. The third-order valence-corrected chi connectivity index (χ3v) is 4.89. The topological polar surface area (TPSA) is 91.0 Å². The molecule has 0 bridgehead atoms. The third-order valence-electron chi connectivity index (χ3n) is 4.89. The highest BCUT2D eigenvalue weighted by atomic mass is 19.1. The van der Waals surface area contributed by atoms with Crippen LogP contribution in [0.4, 0.5) is 10.1 Å². The van der Waals surface area contributed by atoms with Gasteiger partial charge in [-0.25, -0.2) is 14.2 Å². The molecule has 3 aromatic carbocycles. The number of cyclic esters (lactones) is 1. The minimum absolute atomic E-state index is 0.0206. The summed E-state index contributed by atoms with van der Waals surface area (Å²) >= 11 is 0. The van der Waals surface area contributed by atoms with Crippen molar-refractivity contribution in [1.82, 2.24) is 0 Å². The first-order valence-corrected chi connectivity index (χ1v) is 9.65. The van der Waals surface area contributed by atoms with E-state index in [4.69, 9.17) is 9.47 Å². The van der Waals surface area contributed by atoms with E-state index in [9.17, 15) is 19.3 Å². The number of nitro groups is 1. The second kappa shape index (κ2) is 8.81. The highest BCUT2D eigenvalue weighted by Gasteiger charge is 2.27. The predicted molar refractivity (Wildman–Crippen MR) is 116 cm³/mol. The Hall–Kier alpha value is -4.33. The molecule has 3 aromatic rings. The van der Waals surface area contributed by atoms with Crippen molar-refractivity contribution in [2.24, 2.45) is 4.99 Å². The maximum absolute atomic E-state index is 13.7. The Morgan fingerprint density at radius 3 is 2.56 bits per heavy atom. The van der Waals surface area contributed by atoms with Crippen LogP contribution >= 0.6 is 0 Å². The Labute approximate surface area is 182 Å². The van der Waals surface area contributed by atoms with Crippen molar-refractivity contribution in [3.05, 3.63) is 111 Å². The summed E-state index contributed by atoms with van der Waals surface area (Å²) < 4.78 is 24.5. The molecule has 8 heteroatoms. The summed E-state index contributed by atoms with van der Waals surface area (Å²) in [5.41, 5.74) is 1.87. The largest absolute Gasteiger partial charge is 0.489 e. The van der Waals surface area contributed by atoms with E-state index >= 15 is 0 Å². The molecule has 7 nitrogen and oxygen atoms in total. The van der Waals surface area contributed by atoms with E-state index in [2.05, 4.69) is 4.99 Å². The number of halogens is 1. The highest BCUT2D eigenvalue weighted by molar-refractivity contribution is 6.13. The van der Waals surface area contributed by atoms with Gasteiger partial charge in [0.15, 0.2) is 5.70 Å². The molecule has 0 saturated heterocycles. The van der Waals surface area contributed by atoms with Crippen LogP contribution in [0.2, 0.25) is 0 Å². The molecule has 0 N–H and O–H groups in total. The summed E-state index contributed by atoms with van der Waals surface area (Å²) in [6.07, 6.45) is 1.54. The minimum Gasteiger partial charge on any atom is -0.489 e. The molecule has 0 fully saturated rings. The summed E-state index contributed by atoms with van der Waals surface area (Å²) in [5.74, 6) is -0.417. The predicted octanol–water partition coefficient (Wildman–Crippen LogP) is 4.97. The first kappa shape index (κ1) is 20.9. The molecule has 1 aliphatic rings. The zero-order chi connectivity index (χ0) is 22.7. The van der Waals surface area contributed by atoms with Crippen molar-refractivity contribution in [3.63, 3.8) is 0 Å². The van der Waals surface area contributed by atoms with Gasteiger partial charge in [0.05, 0.1) is 4.92 Å².